The van der Waals surface area contributed by atoms with E-state index in [-0.39, 0.29) is 18.2 Å². The van der Waals surface area contributed by atoms with Crippen molar-refractivity contribution in [3.05, 3.63) is 39.7 Å². The molecule has 2 aromatic rings. The second kappa shape index (κ2) is 8.16. The standard InChI is InChI=1S/C19H25NO5/c1-4-5-12-9-17(22)25-18-13(12)6-7-16(21)14(18)10-20-15(19(23)24)8-11(2)3/h6-7,9,11,15,20-21H,4-5,8,10H2,1-3H3,(H,23,24)/t15-/m1/s1. The van der Waals surface area contributed by atoms with Crippen LogP contribution in [-0.4, -0.2) is 22.2 Å². The predicted octanol–water partition coefficient (Wildman–Crippen LogP) is 3.04. The average Bonchev–Trinajstić information content (AvgIpc) is 2.52. The molecule has 136 valence electrons. The van der Waals surface area contributed by atoms with Gasteiger partial charge in [0.2, 0.25) is 0 Å². The van der Waals surface area contributed by atoms with E-state index in [4.69, 9.17) is 4.42 Å². The lowest BCUT2D eigenvalue weighted by molar-refractivity contribution is -0.140. The van der Waals surface area contributed by atoms with Gasteiger partial charge in [-0.05, 0) is 36.5 Å². The molecule has 25 heavy (non-hydrogen) atoms. The highest BCUT2D eigenvalue weighted by Gasteiger charge is 2.20. The third-order valence-electron chi connectivity index (χ3n) is 4.13. The number of aryl methyl sites for hydroxylation is 1. The number of benzene rings is 1. The first-order valence-electron chi connectivity index (χ1n) is 8.57. The fourth-order valence-corrected chi connectivity index (χ4v) is 2.95. The van der Waals surface area contributed by atoms with Gasteiger partial charge in [0, 0.05) is 18.0 Å². The number of hydrogen-bond acceptors (Lipinski definition) is 5. The van der Waals surface area contributed by atoms with Crippen molar-refractivity contribution in [3.8, 4) is 5.75 Å². The molecule has 1 aromatic heterocycles. The van der Waals surface area contributed by atoms with Gasteiger partial charge in [0.15, 0.2) is 0 Å². The maximum atomic E-state index is 11.9. The number of carboxylic acid groups (broad SMARTS) is 1. The molecule has 1 heterocycles. The molecule has 6 heteroatoms. The summed E-state index contributed by atoms with van der Waals surface area (Å²) in [4.78, 5) is 23.3. The van der Waals surface area contributed by atoms with Crippen molar-refractivity contribution in [1.82, 2.24) is 5.32 Å². The molecule has 0 radical (unpaired) electrons. The second-order valence-corrected chi connectivity index (χ2v) is 6.68. The predicted molar refractivity (Wildman–Crippen MR) is 95.9 cm³/mol. The van der Waals surface area contributed by atoms with E-state index < -0.39 is 17.6 Å². The van der Waals surface area contributed by atoms with E-state index in [9.17, 15) is 19.8 Å². The van der Waals surface area contributed by atoms with Crippen LogP contribution in [0.3, 0.4) is 0 Å². The first-order chi connectivity index (χ1) is 11.8. The van der Waals surface area contributed by atoms with E-state index in [0.717, 1.165) is 23.8 Å². The molecule has 0 saturated heterocycles. The number of hydrogen-bond donors (Lipinski definition) is 3. The van der Waals surface area contributed by atoms with Crippen molar-refractivity contribution in [2.24, 2.45) is 5.92 Å². The minimum Gasteiger partial charge on any atom is -0.507 e. The van der Waals surface area contributed by atoms with Crippen molar-refractivity contribution < 1.29 is 19.4 Å². The van der Waals surface area contributed by atoms with Gasteiger partial charge in [0.1, 0.15) is 17.4 Å². The molecule has 2 rings (SSSR count). The summed E-state index contributed by atoms with van der Waals surface area (Å²) in [6.45, 7) is 6.02. The van der Waals surface area contributed by atoms with Gasteiger partial charge in [-0.25, -0.2) is 4.79 Å². The molecular formula is C19H25NO5. The largest absolute Gasteiger partial charge is 0.507 e. The number of aromatic hydroxyl groups is 1. The van der Waals surface area contributed by atoms with E-state index in [1.54, 1.807) is 12.1 Å². The molecule has 0 bridgehead atoms. The molecule has 1 atom stereocenters. The Balaban J connectivity index is 2.41. The van der Waals surface area contributed by atoms with Gasteiger partial charge in [-0.15, -0.1) is 0 Å². The van der Waals surface area contributed by atoms with E-state index in [0.29, 0.717) is 17.6 Å². The van der Waals surface area contributed by atoms with Crippen molar-refractivity contribution in [2.45, 2.75) is 52.6 Å². The third-order valence-corrected chi connectivity index (χ3v) is 4.13. The van der Waals surface area contributed by atoms with Gasteiger partial charge in [-0.2, -0.15) is 0 Å². The van der Waals surface area contributed by atoms with Crippen LogP contribution in [0.15, 0.2) is 27.4 Å². The summed E-state index contributed by atoms with van der Waals surface area (Å²) in [7, 11) is 0. The van der Waals surface area contributed by atoms with Gasteiger partial charge >= 0.3 is 11.6 Å². The molecule has 1 aromatic carbocycles. The number of carbonyl (C=O) groups is 1. The van der Waals surface area contributed by atoms with E-state index in [1.807, 2.05) is 20.8 Å². The van der Waals surface area contributed by atoms with E-state index in [1.165, 1.54) is 6.07 Å². The molecule has 3 N–H and O–H groups in total. The van der Waals surface area contributed by atoms with Gasteiger partial charge in [0.25, 0.3) is 0 Å². The monoisotopic (exact) mass is 347 g/mol. The van der Waals surface area contributed by atoms with E-state index in [2.05, 4.69) is 5.32 Å². The Morgan fingerprint density at radius 1 is 1.32 bits per heavy atom. The maximum Gasteiger partial charge on any atom is 0.336 e. The first kappa shape index (κ1) is 19.0. The van der Waals surface area contributed by atoms with Crippen molar-refractivity contribution >= 4 is 16.9 Å². The Hall–Kier alpha value is -2.34. The number of phenols is 1. The quantitative estimate of drug-likeness (QED) is 0.635. The Bertz CT molecular complexity index is 809. The van der Waals surface area contributed by atoms with Gasteiger partial charge < -0.3 is 19.9 Å². The summed E-state index contributed by atoms with van der Waals surface area (Å²) in [5, 5.41) is 23.3. The molecular weight excluding hydrogens is 322 g/mol. The number of carboxylic acids is 1. The number of aliphatic carboxylic acids is 1. The second-order valence-electron chi connectivity index (χ2n) is 6.68. The Labute approximate surface area is 146 Å². The molecule has 0 aliphatic heterocycles. The van der Waals surface area contributed by atoms with Crippen LogP contribution >= 0.6 is 0 Å². The molecule has 0 aliphatic carbocycles. The zero-order valence-corrected chi connectivity index (χ0v) is 14.8. The van der Waals surface area contributed by atoms with Gasteiger partial charge in [0.05, 0.1) is 5.56 Å². The van der Waals surface area contributed by atoms with Crippen LogP contribution in [0.2, 0.25) is 0 Å². The topological polar surface area (TPSA) is 99.8 Å². The maximum absolute atomic E-state index is 11.9. The molecule has 0 saturated carbocycles. The third kappa shape index (κ3) is 4.60. The Morgan fingerprint density at radius 2 is 2.04 bits per heavy atom. The highest BCUT2D eigenvalue weighted by atomic mass is 16.4. The zero-order chi connectivity index (χ0) is 18.6. The number of rotatable bonds is 8. The van der Waals surface area contributed by atoms with Gasteiger partial charge in [-0.3, -0.25) is 4.79 Å². The highest BCUT2D eigenvalue weighted by Crippen LogP contribution is 2.29. The lowest BCUT2D eigenvalue weighted by Gasteiger charge is -2.17. The summed E-state index contributed by atoms with van der Waals surface area (Å²) in [6.07, 6.45) is 2.07. The fourth-order valence-electron chi connectivity index (χ4n) is 2.95. The zero-order valence-electron chi connectivity index (χ0n) is 14.8. The number of phenolic OH excluding ortho intramolecular Hbond substituents is 1. The molecule has 0 aliphatic rings. The van der Waals surface area contributed by atoms with Crippen LogP contribution in [0.25, 0.3) is 11.0 Å². The van der Waals surface area contributed by atoms with Crippen molar-refractivity contribution in [1.29, 1.82) is 0 Å². The SMILES string of the molecule is CCCc1cc(=O)oc2c(CN[C@H](CC(C)C)C(=O)O)c(O)ccc12. The molecule has 6 nitrogen and oxygen atoms in total. The fraction of sp³-hybridized carbons (Fsp3) is 0.474. The van der Waals surface area contributed by atoms with Gasteiger partial charge in [-0.1, -0.05) is 27.2 Å². The van der Waals surface area contributed by atoms with Crippen LogP contribution < -0.4 is 10.9 Å². The first-order valence-corrected chi connectivity index (χ1v) is 8.57. The number of nitrogens with one attached hydrogen (secondary N) is 1. The van der Waals surface area contributed by atoms with E-state index >= 15 is 0 Å². The van der Waals surface area contributed by atoms with Crippen molar-refractivity contribution in [2.75, 3.05) is 0 Å². The molecule has 0 fully saturated rings. The normalized spacial score (nSPS) is 12.6. The van der Waals surface area contributed by atoms with Crippen LogP contribution in [0.5, 0.6) is 5.75 Å². The summed E-state index contributed by atoms with van der Waals surface area (Å²) < 4.78 is 5.33. The lowest BCUT2D eigenvalue weighted by Crippen LogP contribution is -2.37. The minimum absolute atomic E-state index is 0.0227. The summed E-state index contributed by atoms with van der Waals surface area (Å²) >= 11 is 0. The summed E-state index contributed by atoms with van der Waals surface area (Å²) in [5.74, 6) is -0.754. The van der Waals surface area contributed by atoms with Crippen LogP contribution in [0, 0.1) is 5.92 Å². The smallest absolute Gasteiger partial charge is 0.336 e. The van der Waals surface area contributed by atoms with Crippen LogP contribution in [-0.2, 0) is 17.8 Å². The summed E-state index contributed by atoms with van der Waals surface area (Å²) in [5.41, 5.74) is 1.12. The van der Waals surface area contributed by atoms with Crippen molar-refractivity contribution in [3.63, 3.8) is 0 Å². The average molecular weight is 347 g/mol. The minimum atomic E-state index is -0.943. The molecule has 0 amide bonds. The number of fused-ring (bicyclic) bond motifs is 1. The molecule has 0 spiro atoms. The lowest BCUT2D eigenvalue weighted by atomic mass is 10.0. The molecule has 0 unspecified atom stereocenters. The van der Waals surface area contributed by atoms with Crippen LogP contribution in [0.1, 0.15) is 44.7 Å². The Morgan fingerprint density at radius 3 is 2.64 bits per heavy atom. The summed E-state index contributed by atoms with van der Waals surface area (Å²) in [6, 6.07) is 4.01. The van der Waals surface area contributed by atoms with Crippen LogP contribution in [0.4, 0.5) is 0 Å². The Kier molecular flexibility index (Phi) is 6.20. The highest BCUT2D eigenvalue weighted by molar-refractivity contribution is 5.85.